The first kappa shape index (κ1) is 39.5. The fourth-order valence-electron chi connectivity index (χ4n) is 7.59. The van der Waals surface area contributed by atoms with Gasteiger partial charge in [0.25, 0.3) is 0 Å². The molecule has 0 unspecified atom stereocenters. The molecule has 4 amide bonds. The van der Waals surface area contributed by atoms with E-state index in [1.54, 1.807) is 25.7 Å². The maximum absolute atomic E-state index is 14.7. The van der Waals surface area contributed by atoms with E-state index in [0.717, 1.165) is 38.5 Å². The largest absolute Gasteiger partial charge is 0.458 e. The van der Waals surface area contributed by atoms with Gasteiger partial charge in [0, 0.05) is 13.5 Å². The molecule has 48 heavy (non-hydrogen) atoms. The molecule has 2 heterocycles. The number of amides is 4. The van der Waals surface area contributed by atoms with Gasteiger partial charge >= 0.3 is 12.0 Å². The van der Waals surface area contributed by atoms with Gasteiger partial charge in [-0.25, -0.2) is 9.59 Å². The standard InChI is InChI=1S/C37H62N4O7/c1-22(42)27(43)24-19-17-15-13-12-14-16-18-20-36(8,9)28(31(45)41-21-23-25(37(23,10)11)26(41)30(44)38-24)39-33(47)40-29(34(2,3)4)32(46)48-35(5,6)7/h23-26,28-29H,12-21H2,1-11H3,(H,38,44)(H2,39,40,47)/t23-,24-,25-,26-,28+,29+/m0/s1. The quantitative estimate of drug-likeness (QED) is 0.272. The summed E-state index contributed by atoms with van der Waals surface area (Å²) in [6, 6.07) is -4.45. The summed E-state index contributed by atoms with van der Waals surface area (Å²) in [6.45, 7) is 20.4. The zero-order valence-electron chi connectivity index (χ0n) is 31.3. The summed E-state index contributed by atoms with van der Waals surface area (Å²) in [5.74, 6) is -2.65. The Morgan fingerprint density at radius 1 is 0.896 bits per heavy atom. The first-order chi connectivity index (χ1) is 22.0. The Labute approximate surface area is 287 Å². The SMILES string of the molecule is CC(=O)C(=O)[C@@H]1CCCCCCCCCC(C)(C)[C@H](NC(=O)N[C@H](C(=O)OC(C)(C)C)C(C)(C)C)C(=O)N2C[C@H]3[C@@H]([C@H]2C(=O)N1)C3(C)C. The third kappa shape index (κ3) is 9.59. The number of ketones is 2. The van der Waals surface area contributed by atoms with Crippen LogP contribution in [0.25, 0.3) is 0 Å². The number of nitrogens with zero attached hydrogens (tertiary/aromatic N) is 1. The molecule has 3 rings (SSSR count). The van der Waals surface area contributed by atoms with Gasteiger partial charge in [0.05, 0.1) is 6.04 Å². The van der Waals surface area contributed by atoms with E-state index in [9.17, 15) is 28.8 Å². The molecule has 0 aromatic carbocycles. The topological polar surface area (TPSA) is 151 Å². The van der Waals surface area contributed by atoms with Crippen molar-refractivity contribution in [1.82, 2.24) is 20.9 Å². The van der Waals surface area contributed by atoms with Crippen LogP contribution in [0.15, 0.2) is 0 Å². The van der Waals surface area contributed by atoms with Crippen molar-refractivity contribution in [3.8, 4) is 0 Å². The molecule has 1 aliphatic carbocycles. The summed E-state index contributed by atoms with van der Waals surface area (Å²) in [4.78, 5) is 82.3. The van der Waals surface area contributed by atoms with E-state index in [1.165, 1.54) is 6.92 Å². The molecule has 2 aliphatic heterocycles. The summed E-state index contributed by atoms with van der Waals surface area (Å²) in [7, 11) is 0. The van der Waals surface area contributed by atoms with Crippen LogP contribution in [0.3, 0.4) is 0 Å². The molecule has 2 saturated heterocycles. The van der Waals surface area contributed by atoms with Crippen molar-refractivity contribution < 1.29 is 33.5 Å². The number of rotatable bonds is 5. The Balaban J connectivity index is 1.97. The van der Waals surface area contributed by atoms with Crippen molar-refractivity contribution in [1.29, 1.82) is 0 Å². The smallest absolute Gasteiger partial charge is 0.329 e. The van der Waals surface area contributed by atoms with E-state index in [1.807, 2.05) is 34.6 Å². The number of piperidine rings is 1. The van der Waals surface area contributed by atoms with Crippen molar-refractivity contribution in [3.05, 3.63) is 0 Å². The lowest BCUT2D eigenvalue weighted by Crippen LogP contribution is -2.63. The summed E-state index contributed by atoms with van der Waals surface area (Å²) in [5.41, 5.74) is -2.31. The van der Waals surface area contributed by atoms with E-state index < -0.39 is 70.1 Å². The lowest BCUT2D eigenvalue weighted by atomic mass is 9.78. The Bertz CT molecular complexity index is 1240. The van der Waals surface area contributed by atoms with Gasteiger partial charge in [-0.1, -0.05) is 93.4 Å². The van der Waals surface area contributed by atoms with Crippen LogP contribution in [-0.2, 0) is 28.7 Å². The minimum Gasteiger partial charge on any atom is -0.458 e. The van der Waals surface area contributed by atoms with Gasteiger partial charge in [-0.3, -0.25) is 19.2 Å². The van der Waals surface area contributed by atoms with Crippen LogP contribution < -0.4 is 16.0 Å². The highest BCUT2D eigenvalue weighted by atomic mass is 16.6. The van der Waals surface area contributed by atoms with Crippen LogP contribution in [0.2, 0.25) is 0 Å². The van der Waals surface area contributed by atoms with Gasteiger partial charge < -0.3 is 25.6 Å². The second kappa shape index (κ2) is 14.9. The van der Waals surface area contributed by atoms with Gasteiger partial charge in [0.2, 0.25) is 17.6 Å². The monoisotopic (exact) mass is 674 g/mol. The van der Waals surface area contributed by atoms with Gasteiger partial charge in [0.15, 0.2) is 5.78 Å². The van der Waals surface area contributed by atoms with E-state index >= 15 is 0 Å². The molecule has 272 valence electrons. The molecule has 0 aromatic heterocycles. The maximum Gasteiger partial charge on any atom is 0.329 e. The molecule has 0 radical (unpaired) electrons. The Morgan fingerprint density at radius 2 is 1.46 bits per heavy atom. The molecular weight excluding hydrogens is 612 g/mol. The van der Waals surface area contributed by atoms with Crippen LogP contribution in [0.4, 0.5) is 4.79 Å². The lowest BCUT2D eigenvalue weighted by Gasteiger charge is -2.40. The minimum absolute atomic E-state index is 0.0831. The first-order valence-electron chi connectivity index (χ1n) is 17.9. The van der Waals surface area contributed by atoms with Gasteiger partial charge in [-0.05, 0) is 61.7 Å². The van der Waals surface area contributed by atoms with Gasteiger partial charge in [-0.15, -0.1) is 0 Å². The Morgan fingerprint density at radius 3 is 2.00 bits per heavy atom. The molecule has 3 aliphatic rings. The summed E-state index contributed by atoms with van der Waals surface area (Å²) < 4.78 is 5.62. The van der Waals surface area contributed by atoms with Crippen molar-refractivity contribution in [3.63, 3.8) is 0 Å². The summed E-state index contributed by atoms with van der Waals surface area (Å²) >= 11 is 0. The molecule has 11 heteroatoms. The average molecular weight is 675 g/mol. The number of ether oxygens (including phenoxy) is 1. The van der Waals surface area contributed by atoms with Crippen molar-refractivity contribution in [2.45, 2.75) is 164 Å². The Kier molecular flexibility index (Phi) is 12.2. The van der Waals surface area contributed by atoms with Crippen molar-refractivity contribution in [2.24, 2.45) is 28.1 Å². The molecule has 0 aromatic rings. The number of urea groups is 1. The summed E-state index contributed by atoms with van der Waals surface area (Å²) in [5, 5.41) is 8.60. The fourth-order valence-corrected chi connectivity index (χ4v) is 7.59. The number of hydrogen-bond donors (Lipinski definition) is 3. The highest BCUT2D eigenvalue weighted by Gasteiger charge is 2.70. The highest BCUT2D eigenvalue weighted by Crippen LogP contribution is 2.65. The minimum atomic E-state index is -1.00. The normalized spacial score (nSPS) is 28.9. The number of esters is 1. The molecule has 6 atom stereocenters. The van der Waals surface area contributed by atoms with Crippen LogP contribution in [-0.4, -0.2) is 76.6 Å². The lowest BCUT2D eigenvalue weighted by molar-refractivity contribution is -0.160. The van der Waals surface area contributed by atoms with E-state index in [2.05, 4.69) is 29.8 Å². The molecule has 3 N–H and O–H groups in total. The van der Waals surface area contributed by atoms with Crippen LogP contribution in [0.5, 0.6) is 0 Å². The van der Waals surface area contributed by atoms with Crippen molar-refractivity contribution in [2.75, 3.05) is 6.54 Å². The predicted octanol–water partition coefficient (Wildman–Crippen LogP) is 5.09. The second-order valence-electron chi connectivity index (χ2n) is 17.8. The summed E-state index contributed by atoms with van der Waals surface area (Å²) in [6.07, 6.45) is 7.50. The zero-order valence-corrected chi connectivity index (χ0v) is 31.3. The fraction of sp³-hybridized carbons (Fsp3) is 0.838. The number of nitrogens with one attached hydrogen (secondary N) is 3. The molecule has 1 saturated carbocycles. The van der Waals surface area contributed by atoms with Gasteiger partial charge in [0.1, 0.15) is 23.7 Å². The third-order valence-electron chi connectivity index (χ3n) is 10.6. The van der Waals surface area contributed by atoms with Crippen LogP contribution in [0.1, 0.15) is 134 Å². The number of Topliss-reactive ketones (excluding diaryl/α,β-unsaturated/α-hetero) is 2. The second-order valence-corrected chi connectivity index (χ2v) is 17.8. The van der Waals surface area contributed by atoms with Crippen molar-refractivity contribution >= 4 is 35.4 Å². The number of hydrogen-bond acceptors (Lipinski definition) is 7. The predicted molar refractivity (Wildman–Crippen MR) is 184 cm³/mol. The van der Waals surface area contributed by atoms with Crippen LogP contribution >= 0.6 is 0 Å². The van der Waals surface area contributed by atoms with E-state index in [4.69, 9.17) is 4.74 Å². The molecule has 3 fully saturated rings. The molecule has 0 bridgehead atoms. The van der Waals surface area contributed by atoms with E-state index in [0.29, 0.717) is 25.8 Å². The first-order valence-corrected chi connectivity index (χ1v) is 17.9. The maximum atomic E-state index is 14.7. The third-order valence-corrected chi connectivity index (χ3v) is 10.6. The number of fused-ring (bicyclic) bond motifs is 3. The average Bonchev–Trinajstić information content (AvgIpc) is 3.25. The zero-order chi connectivity index (χ0) is 36.4. The Hall–Kier alpha value is -2.98. The van der Waals surface area contributed by atoms with Gasteiger partial charge in [-0.2, -0.15) is 0 Å². The van der Waals surface area contributed by atoms with Crippen LogP contribution in [0, 0.1) is 28.1 Å². The number of carbonyl (C=O) groups is 6. The molecular formula is C37H62N4O7. The highest BCUT2D eigenvalue weighted by molar-refractivity contribution is 6.38. The molecule has 0 spiro atoms. The van der Waals surface area contributed by atoms with E-state index in [-0.39, 0.29) is 23.2 Å². The number of carbonyl (C=O) groups excluding carboxylic acids is 6. The molecule has 11 nitrogen and oxygen atoms in total.